The number of nitrogens with zero attached hydrogens (tertiary/aromatic N) is 1. The molecule has 0 radical (unpaired) electrons. The van der Waals surface area contributed by atoms with E-state index in [1.807, 2.05) is 60.7 Å². The van der Waals surface area contributed by atoms with Crippen molar-refractivity contribution >= 4 is 17.5 Å². The number of fused-ring (bicyclic) bond motifs is 1. The summed E-state index contributed by atoms with van der Waals surface area (Å²) < 4.78 is 10.9. The van der Waals surface area contributed by atoms with Crippen LogP contribution in [-0.4, -0.2) is 44.0 Å². The summed E-state index contributed by atoms with van der Waals surface area (Å²) in [6, 6.07) is 21.9. The van der Waals surface area contributed by atoms with E-state index in [-0.39, 0.29) is 17.9 Å². The van der Waals surface area contributed by atoms with Crippen molar-refractivity contribution in [3.8, 4) is 11.5 Å². The van der Waals surface area contributed by atoms with E-state index < -0.39 is 0 Å². The summed E-state index contributed by atoms with van der Waals surface area (Å²) in [5.74, 6) is 1.26. The van der Waals surface area contributed by atoms with Crippen LogP contribution < -0.4 is 20.1 Å². The van der Waals surface area contributed by atoms with Gasteiger partial charge in [-0.1, -0.05) is 42.5 Å². The molecule has 0 fully saturated rings. The Kier molecular flexibility index (Phi) is 8.23. The van der Waals surface area contributed by atoms with Gasteiger partial charge in [0.25, 0.3) is 0 Å². The fourth-order valence-corrected chi connectivity index (χ4v) is 4.74. The van der Waals surface area contributed by atoms with Gasteiger partial charge >= 0.3 is 0 Å². The first kappa shape index (κ1) is 25.3. The average molecular weight is 488 g/mol. The molecular weight excluding hydrogens is 454 g/mol. The lowest BCUT2D eigenvalue weighted by molar-refractivity contribution is -0.123. The average Bonchev–Trinajstić information content (AvgIpc) is 2.89. The van der Waals surface area contributed by atoms with E-state index in [0.717, 1.165) is 29.8 Å². The number of anilines is 1. The molecule has 0 saturated carbocycles. The van der Waals surface area contributed by atoms with E-state index >= 15 is 0 Å². The summed E-state index contributed by atoms with van der Waals surface area (Å²) in [7, 11) is 3.25. The Labute approximate surface area is 212 Å². The van der Waals surface area contributed by atoms with Gasteiger partial charge in [0.15, 0.2) is 11.5 Å². The Bertz CT molecular complexity index is 1210. The van der Waals surface area contributed by atoms with Crippen LogP contribution in [0.2, 0.25) is 0 Å². The second-order valence-corrected chi connectivity index (χ2v) is 8.99. The van der Waals surface area contributed by atoms with Crippen LogP contribution in [0.3, 0.4) is 0 Å². The minimum Gasteiger partial charge on any atom is -0.493 e. The molecule has 4 rings (SSSR count). The molecule has 1 atom stereocenters. The van der Waals surface area contributed by atoms with Gasteiger partial charge in [-0.3, -0.25) is 14.5 Å². The van der Waals surface area contributed by atoms with E-state index in [1.165, 1.54) is 18.1 Å². The molecule has 1 aliphatic heterocycles. The second-order valence-electron chi connectivity index (χ2n) is 8.99. The largest absolute Gasteiger partial charge is 0.493 e. The Morgan fingerprint density at radius 1 is 0.944 bits per heavy atom. The van der Waals surface area contributed by atoms with Crippen molar-refractivity contribution in [1.29, 1.82) is 0 Å². The number of hydrogen-bond donors (Lipinski definition) is 2. The third-order valence-corrected chi connectivity index (χ3v) is 6.49. The highest BCUT2D eigenvalue weighted by Gasteiger charge is 2.29. The summed E-state index contributed by atoms with van der Waals surface area (Å²) >= 11 is 0. The molecule has 7 heteroatoms. The molecule has 7 nitrogen and oxygen atoms in total. The smallest absolute Gasteiger partial charge is 0.234 e. The van der Waals surface area contributed by atoms with Gasteiger partial charge in [-0.25, -0.2) is 0 Å². The number of benzene rings is 3. The molecule has 0 aromatic heterocycles. The summed E-state index contributed by atoms with van der Waals surface area (Å²) in [5, 5.41) is 5.93. The molecule has 0 aliphatic carbocycles. The van der Waals surface area contributed by atoms with Crippen molar-refractivity contribution in [2.45, 2.75) is 32.4 Å². The highest BCUT2D eigenvalue weighted by atomic mass is 16.5. The Hall–Kier alpha value is -3.84. The number of nitrogens with one attached hydrogen (secondary N) is 2. The number of carbonyl (C=O) groups is 2. The number of rotatable bonds is 9. The summed E-state index contributed by atoms with van der Waals surface area (Å²) in [4.78, 5) is 26.7. The minimum absolute atomic E-state index is 0.000652. The van der Waals surface area contributed by atoms with Crippen LogP contribution in [0.4, 0.5) is 5.69 Å². The molecule has 188 valence electrons. The topological polar surface area (TPSA) is 79.9 Å². The standard InChI is InChI=1S/C29H33N3O4/c1-20(33)31-24-10-11-25-23(17-24)13-14-32(19-29(34)30-18-21-7-5-4-6-8-21)26(25)15-22-9-12-27(35-2)28(16-22)36-3/h4-12,16-17,26H,13-15,18-19H2,1-3H3,(H,30,34)(H,31,33). The van der Waals surface area contributed by atoms with Crippen molar-refractivity contribution in [2.75, 3.05) is 32.6 Å². The first-order chi connectivity index (χ1) is 17.5. The predicted octanol–water partition coefficient (Wildman–Crippen LogP) is 4.12. The highest BCUT2D eigenvalue weighted by Crippen LogP contribution is 2.36. The maximum Gasteiger partial charge on any atom is 0.234 e. The Morgan fingerprint density at radius 3 is 2.44 bits per heavy atom. The van der Waals surface area contributed by atoms with Gasteiger partial charge in [0, 0.05) is 31.7 Å². The SMILES string of the molecule is COc1ccc(CC2c3ccc(NC(C)=O)cc3CCN2CC(=O)NCc2ccccc2)cc1OC. The first-order valence-electron chi connectivity index (χ1n) is 12.1. The summed E-state index contributed by atoms with van der Waals surface area (Å²) in [6.45, 7) is 3.06. The number of hydrogen-bond acceptors (Lipinski definition) is 5. The van der Waals surface area contributed by atoms with Gasteiger partial charge < -0.3 is 20.1 Å². The lowest BCUT2D eigenvalue weighted by Crippen LogP contribution is -2.43. The molecule has 3 aromatic rings. The lowest BCUT2D eigenvalue weighted by atomic mass is 9.88. The zero-order chi connectivity index (χ0) is 25.5. The van der Waals surface area contributed by atoms with Gasteiger partial charge in [-0.15, -0.1) is 0 Å². The first-order valence-corrected chi connectivity index (χ1v) is 12.1. The van der Waals surface area contributed by atoms with Crippen molar-refractivity contribution in [3.63, 3.8) is 0 Å². The van der Waals surface area contributed by atoms with Crippen LogP contribution in [-0.2, 0) is 29.0 Å². The maximum atomic E-state index is 12.9. The molecule has 0 saturated heterocycles. The molecule has 36 heavy (non-hydrogen) atoms. The van der Waals surface area contributed by atoms with Crippen LogP contribution in [0.25, 0.3) is 0 Å². The van der Waals surface area contributed by atoms with Crippen LogP contribution in [0.15, 0.2) is 66.7 Å². The van der Waals surface area contributed by atoms with E-state index in [1.54, 1.807) is 14.2 Å². The van der Waals surface area contributed by atoms with Crippen molar-refractivity contribution in [1.82, 2.24) is 10.2 Å². The van der Waals surface area contributed by atoms with Gasteiger partial charge in [0.05, 0.1) is 20.8 Å². The number of ether oxygens (including phenoxy) is 2. The molecule has 2 amide bonds. The molecule has 0 bridgehead atoms. The number of carbonyl (C=O) groups excluding carboxylic acids is 2. The van der Waals surface area contributed by atoms with Gasteiger partial charge in [-0.05, 0) is 59.4 Å². The van der Waals surface area contributed by atoms with Crippen molar-refractivity contribution < 1.29 is 19.1 Å². The molecular formula is C29H33N3O4. The van der Waals surface area contributed by atoms with E-state index in [9.17, 15) is 9.59 Å². The fraction of sp³-hybridized carbons (Fsp3) is 0.310. The maximum absolute atomic E-state index is 12.9. The third-order valence-electron chi connectivity index (χ3n) is 6.49. The van der Waals surface area contributed by atoms with Gasteiger partial charge in [0.1, 0.15) is 0 Å². The molecule has 1 heterocycles. The minimum atomic E-state index is -0.0932. The molecule has 0 spiro atoms. The summed E-state index contributed by atoms with van der Waals surface area (Å²) in [6.07, 6.45) is 1.51. The molecule has 1 unspecified atom stereocenters. The Balaban J connectivity index is 1.57. The lowest BCUT2D eigenvalue weighted by Gasteiger charge is -2.37. The van der Waals surface area contributed by atoms with E-state index in [0.29, 0.717) is 31.0 Å². The third kappa shape index (κ3) is 6.23. The fourth-order valence-electron chi connectivity index (χ4n) is 4.74. The normalized spacial score (nSPS) is 15.0. The number of amides is 2. The second kappa shape index (κ2) is 11.7. The van der Waals surface area contributed by atoms with Crippen molar-refractivity contribution in [3.05, 3.63) is 89.0 Å². The number of methoxy groups -OCH3 is 2. The molecule has 1 aliphatic rings. The van der Waals surface area contributed by atoms with Gasteiger partial charge in [0.2, 0.25) is 11.8 Å². The van der Waals surface area contributed by atoms with Gasteiger partial charge in [-0.2, -0.15) is 0 Å². The molecule has 3 aromatic carbocycles. The summed E-state index contributed by atoms with van der Waals surface area (Å²) in [5.41, 5.74) is 5.31. The highest BCUT2D eigenvalue weighted by molar-refractivity contribution is 5.88. The van der Waals surface area contributed by atoms with Crippen LogP contribution in [0.1, 0.15) is 35.2 Å². The van der Waals surface area contributed by atoms with Crippen LogP contribution in [0, 0.1) is 0 Å². The van der Waals surface area contributed by atoms with E-state index in [4.69, 9.17) is 9.47 Å². The molecule has 2 N–H and O–H groups in total. The monoisotopic (exact) mass is 487 g/mol. The predicted molar refractivity (Wildman–Crippen MR) is 140 cm³/mol. The van der Waals surface area contributed by atoms with Crippen LogP contribution >= 0.6 is 0 Å². The quantitative estimate of drug-likeness (QED) is 0.475. The van der Waals surface area contributed by atoms with Crippen molar-refractivity contribution in [2.24, 2.45) is 0 Å². The zero-order valence-corrected chi connectivity index (χ0v) is 21.0. The zero-order valence-electron chi connectivity index (χ0n) is 21.0. The Morgan fingerprint density at radius 2 is 1.72 bits per heavy atom. The van der Waals surface area contributed by atoms with E-state index in [2.05, 4.69) is 21.6 Å². The van der Waals surface area contributed by atoms with Crippen LogP contribution in [0.5, 0.6) is 11.5 Å².